The summed E-state index contributed by atoms with van der Waals surface area (Å²) in [5.74, 6) is 0.662. The van der Waals surface area contributed by atoms with Crippen molar-refractivity contribution < 1.29 is 9.94 Å². The molecule has 0 spiro atoms. The predicted octanol–water partition coefficient (Wildman–Crippen LogP) is 3.73. The molecule has 0 fully saturated rings. The van der Waals surface area contributed by atoms with Gasteiger partial charge in [-0.1, -0.05) is 41.0 Å². The second-order valence-electron chi connectivity index (χ2n) is 3.70. The molecule has 0 saturated heterocycles. The SMILES string of the molecule is ON=Cc1ccccc1OCc1cccc(Cl)c1. The number of hydrogen-bond acceptors (Lipinski definition) is 3. The molecule has 92 valence electrons. The molecule has 0 aliphatic heterocycles. The number of oxime groups is 1. The van der Waals surface area contributed by atoms with Gasteiger partial charge in [0.25, 0.3) is 0 Å². The summed E-state index contributed by atoms with van der Waals surface area (Å²) in [7, 11) is 0. The fourth-order valence-electron chi connectivity index (χ4n) is 1.57. The Labute approximate surface area is 110 Å². The van der Waals surface area contributed by atoms with Crippen molar-refractivity contribution >= 4 is 17.8 Å². The van der Waals surface area contributed by atoms with Crippen molar-refractivity contribution in [2.45, 2.75) is 6.61 Å². The van der Waals surface area contributed by atoms with E-state index in [1.165, 1.54) is 6.21 Å². The van der Waals surface area contributed by atoms with Crippen molar-refractivity contribution in [3.8, 4) is 5.75 Å². The molecule has 4 heteroatoms. The van der Waals surface area contributed by atoms with Gasteiger partial charge < -0.3 is 9.94 Å². The van der Waals surface area contributed by atoms with Crippen LogP contribution in [-0.4, -0.2) is 11.4 Å². The van der Waals surface area contributed by atoms with Crippen molar-refractivity contribution in [1.82, 2.24) is 0 Å². The highest BCUT2D eigenvalue weighted by Crippen LogP contribution is 2.18. The van der Waals surface area contributed by atoms with E-state index in [4.69, 9.17) is 21.5 Å². The lowest BCUT2D eigenvalue weighted by molar-refractivity contribution is 0.304. The molecular weight excluding hydrogens is 250 g/mol. The van der Waals surface area contributed by atoms with Crippen LogP contribution in [0.15, 0.2) is 53.7 Å². The standard InChI is InChI=1S/C14H12ClNO2/c15-13-6-3-4-11(8-13)10-18-14-7-2-1-5-12(14)9-16-17/h1-9,17H,10H2. The first-order valence-corrected chi connectivity index (χ1v) is 5.81. The first kappa shape index (κ1) is 12.5. The van der Waals surface area contributed by atoms with E-state index < -0.39 is 0 Å². The molecule has 0 unspecified atom stereocenters. The number of benzene rings is 2. The summed E-state index contributed by atoms with van der Waals surface area (Å²) in [6.45, 7) is 0.414. The molecule has 3 nitrogen and oxygen atoms in total. The van der Waals surface area contributed by atoms with Crippen molar-refractivity contribution in [1.29, 1.82) is 0 Å². The third-order valence-corrected chi connectivity index (χ3v) is 2.63. The Morgan fingerprint density at radius 2 is 2.00 bits per heavy atom. The molecule has 18 heavy (non-hydrogen) atoms. The van der Waals surface area contributed by atoms with Crippen LogP contribution in [0.4, 0.5) is 0 Å². The zero-order chi connectivity index (χ0) is 12.8. The maximum Gasteiger partial charge on any atom is 0.128 e. The Morgan fingerprint density at radius 1 is 1.17 bits per heavy atom. The number of rotatable bonds is 4. The van der Waals surface area contributed by atoms with E-state index in [-0.39, 0.29) is 0 Å². The zero-order valence-electron chi connectivity index (χ0n) is 9.58. The van der Waals surface area contributed by atoms with Crippen LogP contribution < -0.4 is 4.74 Å². The van der Waals surface area contributed by atoms with Gasteiger partial charge in [0, 0.05) is 10.6 Å². The molecule has 0 aliphatic rings. The highest BCUT2D eigenvalue weighted by molar-refractivity contribution is 6.30. The summed E-state index contributed by atoms with van der Waals surface area (Å²) in [5.41, 5.74) is 1.71. The summed E-state index contributed by atoms with van der Waals surface area (Å²) in [4.78, 5) is 0. The van der Waals surface area contributed by atoms with Gasteiger partial charge in [-0.2, -0.15) is 0 Å². The monoisotopic (exact) mass is 261 g/mol. The number of halogens is 1. The predicted molar refractivity (Wildman–Crippen MR) is 71.6 cm³/mol. The van der Waals surface area contributed by atoms with Crippen LogP contribution in [0.5, 0.6) is 5.75 Å². The first-order chi connectivity index (χ1) is 8.79. The summed E-state index contributed by atoms with van der Waals surface area (Å²) in [6, 6.07) is 14.8. The Bertz CT molecular complexity index is 555. The molecule has 2 rings (SSSR count). The Morgan fingerprint density at radius 3 is 2.78 bits per heavy atom. The minimum atomic E-state index is 0.414. The summed E-state index contributed by atoms with van der Waals surface area (Å²) in [6.07, 6.45) is 1.34. The topological polar surface area (TPSA) is 41.8 Å². The van der Waals surface area contributed by atoms with Gasteiger partial charge in [-0.15, -0.1) is 0 Å². The molecule has 0 heterocycles. The molecular formula is C14H12ClNO2. The van der Waals surface area contributed by atoms with E-state index in [9.17, 15) is 0 Å². The van der Waals surface area contributed by atoms with Crippen LogP contribution in [0.3, 0.4) is 0 Å². The second-order valence-corrected chi connectivity index (χ2v) is 4.14. The smallest absolute Gasteiger partial charge is 0.128 e. The fraction of sp³-hybridized carbons (Fsp3) is 0.0714. The van der Waals surface area contributed by atoms with Gasteiger partial charge in [-0.25, -0.2) is 0 Å². The molecule has 0 aliphatic carbocycles. The maximum atomic E-state index is 8.56. The quantitative estimate of drug-likeness (QED) is 0.518. The van der Waals surface area contributed by atoms with Gasteiger partial charge in [0.1, 0.15) is 12.4 Å². The number of ether oxygens (including phenoxy) is 1. The van der Waals surface area contributed by atoms with Gasteiger partial charge in [0.15, 0.2) is 0 Å². The lowest BCUT2D eigenvalue weighted by atomic mass is 10.2. The highest BCUT2D eigenvalue weighted by Gasteiger charge is 2.01. The minimum absolute atomic E-state index is 0.414. The molecule has 0 bridgehead atoms. The molecule has 0 amide bonds. The van der Waals surface area contributed by atoms with Crippen molar-refractivity contribution in [2.24, 2.45) is 5.16 Å². The molecule has 0 atom stereocenters. The summed E-state index contributed by atoms with van der Waals surface area (Å²) < 4.78 is 5.67. The Balaban J connectivity index is 2.10. The van der Waals surface area contributed by atoms with Gasteiger partial charge in [-0.3, -0.25) is 0 Å². The van der Waals surface area contributed by atoms with Crippen molar-refractivity contribution in [2.75, 3.05) is 0 Å². The number of para-hydroxylation sites is 1. The Kier molecular flexibility index (Phi) is 4.20. The van der Waals surface area contributed by atoms with Crippen molar-refractivity contribution in [3.63, 3.8) is 0 Å². The Hall–Kier alpha value is -2.00. The van der Waals surface area contributed by atoms with Crippen LogP contribution in [0.2, 0.25) is 5.02 Å². The summed E-state index contributed by atoms with van der Waals surface area (Å²) in [5, 5.41) is 12.3. The minimum Gasteiger partial charge on any atom is -0.488 e. The van der Waals surface area contributed by atoms with E-state index in [1.54, 1.807) is 0 Å². The zero-order valence-corrected chi connectivity index (χ0v) is 10.3. The van der Waals surface area contributed by atoms with Crippen LogP contribution in [0, 0.1) is 0 Å². The lowest BCUT2D eigenvalue weighted by Gasteiger charge is -2.08. The second kappa shape index (κ2) is 6.07. The number of nitrogens with zero attached hydrogens (tertiary/aromatic N) is 1. The van der Waals surface area contributed by atoms with E-state index in [1.807, 2.05) is 48.5 Å². The summed E-state index contributed by atoms with van der Waals surface area (Å²) >= 11 is 5.90. The maximum absolute atomic E-state index is 8.56. The van der Waals surface area contributed by atoms with E-state index in [0.717, 1.165) is 11.1 Å². The van der Waals surface area contributed by atoms with Crippen LogP contribution in [0.25, 0.3) is 0 Å². The van der Waals surface area contributed by atoms with E-state index >= 15 is 0 Å². The average Bonchev–Trinajstić information content (AvgIpc) is 2.38. The number of hydrogen-bond donors (Lipinski definition) is 1. The molecule has 2 aromatic carbocycles. The van der Waals surface area contributed by atoms with Crippen LogP contribution in [0.1, 0.15) is 11.1 Å². The third kappa shape index (κ3) is 3.25. The molecule has 0 radical (unpaired) electrons. The van der Waals surface area contributed by atoms with Gasteiger partial charge in [0.2, 0.25) is 0 Å². The van der Waals surface area contributed by atoms with E-state index in [0.29, 0.717) is 17.4 Å². The van der Waals surface area contributed by atoms with E-state index in [2.05, 4.69) is 5.16 Å². The highest BCUT2D eigenvalue weighted by atomic mass is 35.5. The van der Waals surface area contributed by atoms with Crippen molar-refractivity contribution in [3.05, 3.63) is 64.7 Å². The molecule has 1 N–H and O–H groups in total. The van der Waals surface area contributed by atoms with Crippen LogP contribution in [-0.2, 0) is 6.61 Å². The fourth-order valence-corrected chi connectivity index (χ4v) is 1.78. The molecule has 0 saturated carbocycles. The molecule has 0 aromatic heterocycles. The van der Waals surface area contributed by atoms with Gasteiger partial charge in [0.05, 0.1) is 6.21 Å². The average molecular weight is 262 g/mol. The van der Waals surface area contributed by atoms with Crippen LogP contribution >= 0.6 is 11.6 Å². The van der Waals surface area contributed by atoms with Gasteiger partial charge >= 0.3 is 0 Å². The largest absolute Gasteiger partial charge is 0.488 e. The third-order valence-electron chi connectivity index (χ3n) is 2.40. The lowest BCUT2D eigenvalue weighted by Crippen LogP contribution is -1.98. The first-order valence-electron chi connectivity index (χ1n) is 5.43. The normalized spacial score (nSPS) is 10.7. The van der Waals surface area contributed by atoms with Gasteiger partial charge in [-0.05, 0) is 29.8 Å². The molecule has 2 aromatic rings.